The fourth-order valence-electron chi connectivity index (χ4n) is 1.74. The van der Waals surface area contributed by atoms with Gasteiger partial charge in [-0.3, -0.25) is 0 Å². The van der Waals surface area contributed by atoms with Crippen molar-refractivity contribution in [3.63, 3.8) is 0 Å². The van der Waals surface area contributed by atoms with Crippen LogP contribution in [-0.4, -0.2) is 0 Å². The molecule has 0 aliphatic rings. The predicted octanol–water partition coefficient (Wildman–Crippen LogP) is 3.84. The zero-order valence-electron chi connectivity index (χ0n) is 9.85. The molecule has 0 saturated heterocycles. The molecule has 1 nitrogen and oxygen atoms in total. The van der Waals surface area contributed by atoms with Crippen LogP contribution in [0.1, 0.15) is 24.1 Å². The maximum absolute atomic E-state index is 5.33. The highest BCUT2D eigenvalue weighted by Crippen LogP contribution is 2.19. The molecule has 0 bridgehead atoms. The van der Waals surface area contributed by atoms with E-state index in [0.29, 0.717) is 0 Å². The third-order valence-electron chi connectivity index (χ3n) is 2.73. The van der Waals surface area contributed by atoms with Gasteiger partial charge in [-0.2, -0.15) is 0 Å². The fraction of sp³-hybridized carbons (Fsp3) is 0.125. The molecule has 1 N–H and O–H groups in total. The van der Waals surface area contributed by atoms with Gasteiger partial charge in [0, 0.05) is 17.3 Å². The van der Waals surface area contributed by atoms with Crippen molar-refractivity contribution < 1.29 is 0 Å². The number of para-hydroxylation sites is 1. The Morgan fingerprint density at radius 2 is 1.65 bits per heavy atom. The van der Waals surface area contributed by atoms with E-state index < -0.39 is 0 Å². The first-order valence-electron chi connectivity index (χ1n) is 5.68. The lowest BCUT2D eigenvalue weighted by molar-refractivity contribution is 0.884. The van der Waals surface area contributed by atoms with E-state index in [1.807, 2.05) is 30.3 Å². The summed E-state index contributed by atoms with van der Waals surface area (Å²) < 4.78 is 0. The number of hydrogen-bond donors (Lipinski definition) is 1. The molecule has 17 heavy (non-hydrogen) atoms. The number of rotatable bonds is 3. The van der Waals surface area contributed by atoms with Crippen molar-refractivity contribution in [2.45, 2.75) is 13.0 Å². The lowest BCUT2D eigenvalue weighted by Gasteiger charge is -2.15. The first-order valence-corrected chi connectivity index (χ1v) is 5.68. The van der Waals surface area contributed by atoms with E-state index in [-0.39, 0.29) is 6.04 Å². The van der Waals surface area contributed by atoms with Crippen LogP contribution in [0.3, 0.4) is 0 Å². The number of anilines is 1. The summed E-state index contributed by atoms with van der Waals surface area (Å²) in [4.78, 5) is 0. The number of nitrogens with one attached hydrogen (secondary N) is 1. The maximum atomic E-state index is 5.33. The van der Waals surface area contributed by atoms with Crippen molar-refractivity contribution in [2.75, 3.05) is 5.32 Å². The van der Waals surface area contributed by atoms with Crippen LogP contribution in [0.2, 0.25) is 0 Å². The molecule has 0 heterocycles. The highest BCUT2D eigenvalue weighted by Gasteiger charge is 2.04. The SMILES string of the molecule is C#Cc1ccc(C(C)Nc2ccccc2)cc1. The molecule has 0 amide bonds. The summed E-state index contributed by atoms with van der Waals surface area (Å²) in [6.45, 7) is 2.14. The Labute approximate surface area is 102 Å². The Balaban J connectivity index is 2.10. The van der Waals surface area contributed by atoms with Crippen molar-refractivity contribution in [1.29, 1.82) is 0 Å². The molecule has 1 atom stereocenters. The summed E-state index contributed by atoms with van der Waals surface area (Å²) >= 11 is 0. The molecular formula is C16H15N. The predicted molar refractivity (Wildman–Crippen MR) is 72.9 cm³/mol. The Morgan fingerprint density at radius 1 is 1.00 bits per heavy atom. The van der Waals surface area contributed by atoms with E-state index in [0.717, 1.165) is 11.3 Å². The van der Waals surface area contributed by atoms with Crippen LogP contribution < -0.4 is 5.32 Å². The third kappa shape index (κ3) is 2.89. The molecule has 1 heteroatoms. The molecular weight excluding hydrogens is 206 g/mol. The highest BCUT2D eigenvalue weighted by atomic mass is 14.9. The smallest absolute Gasteiger partial charge is 0.0485 e. The summed E-state index contributed by atoms with van der Waals surface area (Å²) in [5, 5.41) is 3.44. The molecule has 0 aliphatic heterocycles. The molecule has 0 fully saturated rings. The molecule has 0 saturated carbocycles. The van der Waals surface area contributed by atoms with Crippen LogP contribution in [0.5, 0.6) is 0 Å². The van der Waals surface area contributed by atoms with Gasteiger partial charge in [-0.05, 0) is 36.8 Å². The second-order valence-corrected chi connectivity index (χ2v) is 4.00. The van der Waals surface area contributed by atoms with E-state index >= 15 is 0 Å². The van der Waals surface area contributed by atoms with E-state index in [9.17, 15) is 0 Å². The summed E-state index contributed by atoms with van der Waals surface area (Å²) in [7, 11) is 0. The van der Waals surface area contributed by atoms with Gasteiger partial charge in [-0.15, -0.1) is 6.42 Å². The summed E-state index contributed by atoms with van der Waals surface area (Å²) in [5.74, 6) is 2.62. The molecule has 2 aromatic carbocycles. The minimum absolute atomic E-state index is 0.268. The lowest BCUT2D eigenvalue weighted by atomic mass is 10.1. The average molecular weight is 221 g/mol. The maximum Gasteiger partial charge on any atom is 0.0485 e. The van der Waals surface area contributed by atoms with E-state index in [1.54, 1.807) is 0 Å². The highest BCUT2D eigenvalue weighted by molar-refractivity contribution is 5.45. The molecule has 2 aromatic rings. The quantitative estimate of drug-likeness (QED) is 0.776. The number of terminal acetylenes is 1. The van der Waals surface area contributed by atoms with Crippen molar-refractivity contribution in [1.82, 2.24) is 0 Å². The van der Waals surface area contributed by atoms with Crippen LogP contribution in [0.25, 0.3) is 0 Å². The van der Waals surface area contributed by atoms with Crippen molar-refractivity contribution in [3.8, 4) is 12.3 Å². The van der Waals surface area contributed by atoms with Gasteiger partial charge in [0.2, 0.25) is 0 Å². The van der Waals surface area contributed by atoms with E-state index in [4.69, 9.17) is 6.42 Å². The first-order chi connectivity index (χ1) is 8.29. The average Bonchev–Trinajstić information content (AvgIpc) is 2.40. The molecule has 2 rings (SSSR count). The van der Waals surface area contributed by atoms with Gasteiger partial charge in [-0.1, -0.05) is 36.3 Å². The number of hydrogen-bond acceptors (Lipinski definition) is 1. The number of benzene rings is 2. The van der Waals surface area contributed by atoms with Gasteiger partial charge in [0.25, 0.3) is 0 Å². The van der Waals surface area contributed by atoms with Crippen molar-refractivity contribution in [3.05, 3.63) is 65.7 Å². The Bertz CT molecular complexity index is 505. The van der Waals surface area contributed by atoms with E-state index in [1.165, 1.54) is 5.56 Å². The third-order valence-corrected chi connectivity index (χ3v) is 2.73. The van der Waals surface area contributed by atoms with E-state index in [2.05, 4.69) is 42.4 Å². The Morgan fingerprint density at radius 3 is 2.24 bits per heavy atom. The van der Waals surface area contributed by atoms with Gasteiger partial charge in [0.05, 0.1) is 0 Å². The van der Waals surface area contributed by atoms with Gasteiger partial charge in [0.1, 0.15) is 0 Å². The molecule has 0 spiro atoms. The summed E-state index contributed by atoms with van der Waals surface area (Å²) in [6, 6.07) is 18.5. The van der Waals surface area contributed by atoms with Crippen LogP contribution in [0, 0.1) is 12.3 Å². The van der Waals surface area contributed by atoms with Crippen molar-refractivity contribution >= 4 is 5.69 Å². The monoisotopic (exact) mass is 221 g/mol. The standard InChI is InChI=1S/C16H15N/c1-3-14-9-11-15(12-10-14)13(2)17-16-7-5-4-6-8-16/h1,4-13,17H,2H3. The molecule has 1 unspecified atom stereocenters. The van der Waals surface area contributed by atoms with Crippen molar-refractivity contribution in [2.24, 2.45) is 0 Å². The topological polar surface area (TPSA) is 12.0 Å². The zero-order valence-corrected chi connectivity index (χ0v) is 9.85. The van der Waals surface area contributed by atoms with Gasteiger partial charge in [0.15, 0.2) is 0 Å². The van der Waals surface area contributed by atoms with Gasteiger partial charge >= 0.3 is 0 Å². The van der Waals surface area contributed by atoms with Gasteiger partial charge in [-0.25, -0.2) is 0 Å². The first kappa shape index (κ1) is 11.3. The lowest BCUT2D eigenvalue weighted by Crippen LogP contribution is -2.06. The molecule has 0 aliphatic carbocycles. The Kier molecular flexibility index (Phi) is 3.47. The van der Waals surface area contributed by atoms with Crippen LogP contribution in [0.15, 0.2) is 54.6 Å². The fourth-order valence-corrected chi connectivity index (χ4v) is 1.74. The van der Waals surface area contributed by atoms with Crippen LogP contribution in [0.4, 0.5) is 5.69 Å². The second kappa shape index (κ2) is 5.23. The van der Waals surface area contributed by atoms with Crippen LogP contribution >= 0.6 is 0 Å². The minimum atomic E-state index is 0.268. The molecule has 84 valence electrons. The molecule has 0 aromatic heterocycles. The summed E-state index contributed by atoms with van der Waals surface area (Å²) in [6.07, 6.45) is 5.33. The van der Waals surface area contributed by atoms with Gasteiger partial charge < -0.3 is 5.32 Å². The Hall–Kier alpha value is -2.20. The second-order valence-electron chi connectivity index (χ2n) is 4.00. The summed E-state index contributed by atoms with van der Waals surface area (Å²) in [5.41, 5.74) is 3.27. The largest absolute Gasteiger partial charge is 0.379 e. The normalized spacial score (nSPS) is 11.5. The minimum Gasteiger partial charge on any atom is -0.379 e. The molecule has 0 radical (unpaired) electrons. The van der Waals surface area contributed by atoms with Crippen LogP contribution in [-0.2, 0) is 0 Å². The zero-order chi connectivity index (χ0) is 12.1.